The van der Waals surface area contributed by atoms with Gasteiger partial charge in [0.15, 0.2) is 0 Å². The van der Waals surface area contributed by atoms with Crippen molar-refractivity contribution < 1.29 is 18.0 Å². The molecule has 0 spiro atoms. The first kappa shape index (κ1) is 20.2. The number of benzene rings is 2. The Hall–Kier alpha value is -3.15. The van der Waals surface area contributed by atoms with E-state index in [1.54, 1.807) is 31.3 Å². The molecule has 0 saturated heterocycles. The van der Waals surface area contributed by atoms with Crippen molar-refractivity contribution in [3.63, 3.8) is 0 Å². The van der Waals surface area contributed by atoms with E-state index in [9.17, 15) is 18.0 Å². The number of primary amides is 1. The maximum absolute atomic E-state index is 12.6. The second-order valence-corrected chi connectivity index (χ2v) is 7.55. The van der Waals surface area contributed by atoms with Crippen LogP contribution in [-0.2, 0) is 16.6 Å². The fourth-order valence-corrected chi connectivity index (χ4v) is 3.39. The fraction of sp³-hybridized carbons (Fsp3) is 0.158. The molecule has 0 aliphatic rings. The van der Waals surface area contributed by atoms with Crippen LogP contribution >= 0.6 is 0 Å². The molecule has 0 heterocycles. The Morgan fingerprint density at radius 2 is 1.81 bits per heavy atom. The van der Waals surface area contributed by atoms with Gasteiger partial charge < -0.3 is 10.6 Å². The molecule has 8 heteroatoms. The number of terminal acetylenes is 1. The van der Waals surface area contributed by atoms with E-state index >= 15 is 0 Å². The van der Waals surface area contributed by atoms with Crippen molar-refractivity contribution in [1.82, 2.24) is 9.62 Å². The van der Waals surface area contributed by atoms with Gasteiger partial charge in [-0.1, -0.05) is 24.1 Å². The van der Waals surface area contributed by atoms with Gasteiger partial charge in [0.25, 0.3) is 5.91 Å². The van der Waals surface area contributed by atoms with Crippen LogP contribution in [0.25, 0.3) is 0 Å². The number of nitrogens with two attached hydrogens (primary N) is 1. The molecule has 0 aliphatic heterocycles. The summed E-state index contributed by atoms with van der Waals surface area (Å²) in [7, 11) is -2.21. The van der Waals surface area contributed by atoms with Gasteiger partial charge in [-0.15, -0.1) is 6.42 Å². The van der Waals surface area contributed by atoms with E-state index in [1.807, 2.05) is 0 Å². The van der Waals surface area contributed by atoms with Crippen molar-refractivity contribution in [2.45, 2.75) is 11.4 Å². The van der Waals surface area contributed by atoms with Gasteiger partial charge in [-0.25, -0.2) is 8.42 Å². The summed E-state index contributed by atoms with van der Waals surface area (Å²) in [4.78, 5) is 25.3. The van der Waals surface area contributed by atoms with Crippen LogP contribution in [0.2, 0.25) is 0 Å². The zero-order valence-corrected chi connectivity index (χ0v) is 15.5. The molecule has 0 fully saturated rings. The first-order chi connectivity index (χ1) is 12.7. The van der Waals surface area contributed by atoms with Crippen LogP contribution in [0.3, 0.4) is 0 Å². The van der Waals surface area contributed by atoms with Crippen molar-refractivity contribution in [3.05, 3.63) is 65.2 Å². The number of nitrogens with one attached hydrogen (secondary N) is 1. The van der Waals surface area contributed by atoms with Crippen LogP contribution in [0, 0.1) is 12.3 Å². The molecule has 0 atom stereocenters. The second kappa shape index (κ2) is 8.49. The van der Waals surface area contributed by atoms with Crippen LogP contribution in [-0.4, -0.2) is 38.7 Å². The predicted molar refractivity (Wildman–Crippen MR) is 101 cm³/mol. The average Bonchev–Trinajstić information content (AvgIpc) is 2.66. The molecule has 7 nitrogen and oxygen atoms in total. The van der Waals surface area contributed by atoms with Gasteiger partial charge in [-0.2, -0.15) is 4.72 Å². The zero-order valence-electron chi connectivity index (χ0n) is 14.7. The molecular weight excluding hydrogens is 366 g/mol. The summed E-state index contributed by atoms with van der Waals surface area (Å²) in [6.07, 6.45) is 5.07. The Bertz CT molecular complexity index is 1010. The topological polar surface area (TPSA) is 110 Å². The third-order valence-electron chi connectivity index (χ3n) is 3.73. The lowest BCUT2D eigenvalue weighted by molar-refractivity contribution is 0.0785. The van der Waals surface area contributed by atoms with Crippen molar-refractivity contribution in [2.24, 2.45) is 5.73 Å². The molecule has 140 valence electrons. The van der Waals surface area contributed by atoms with E-state index in [0.717, 1.165) is 5.56 Å². The van der Waals surface area contributed by atoms with Crippen molar-refractivity contribution in [3.8, 4) is 12.3 Å². The van der Waals surface area contributed by atoms with Gasteiger partial charge in [0, 0.05) is 24.7 Å². The van der Waals surface area contributed by atoms with E-state index in [1.165, 1.54) is 29.2 Å². The van der Waals surface area contributed by atoms with E-state index in [2.05, 4.69) is 10.6 Å². The Morgan fingerprint density at radius 3 is 2.48 bits per heavy atom. The smallest absolute Gasteiger partial charge is 0.253 e. The van der Waals surface area contributed by atoms with Gasteiger partial charge >= 0.3 is 0 Å². The molecule has 0 saturated carbocycles. The first-order valence-electron chi connectivity index (χ1n) is 7.92. The molecule has 27 heavy (non-hydrogen) atoms. The van der Waals surface area contributed by atoms with Gasteiger partial charge in [0.1, 0.15) is 0 Å². The Labute approximate surface area is 158 Å². The Balaban J connectivity index is 2.20. The minimum absolute atomic E-state index is 0.0484. The second-order valence-electron chi connectivity index (χ2n) is 5.78. The maximum atomic E-state index is 12.6. The molecule has 2 aromatic rings. The average molecular weight is 385 g/mol. The number of hydrogen-bond acceptors (Lipinski definition) is 4. The quantitative estimate of drug-likeness (QED) is 0.692. The van der Waals surface area contributed by atoms with Crippen LogP contribution < -0.4 is 10.5 Å². The summed E-state index contributed by atoms with van der Waals surface area (Å²) in [6, 6.07) is 12.3. The molecule has 0 aliphatic carbocycles. The number of sulfonamides is 1. The van der Waals surface area contributed by atoms with Crippen molar-refractivity contribution in [1.29, 1.82) is 0 Å². The van der Waals surface area contributed by atoms with Crippen LogP contribution in [0.4, 0.5) is 0 Å². The lowest BCUT2D eigenvalue weighted by Gasteiger charge is -2.18. The molecule has 2 aromatic carbocycles. The number of rotatable bonds is 7. The maximum Gasteiger partial charge on any atom is 0.253 e. The van der Waals surface area contributed by atoms with Gasteiger partial charge in [0.05, 0.1) is 11.4 Å². The summed E-state index contributed by atoms with van der Waals surface area (Å²) in [6.45, 7) is 0.0862. The number of amides is 2. The summed E-state index contributed by atoms with van der Waals surface area (Å²) in [5.41, 5.74) is 6.55. The molecular formula is C19H19N3O4S. The minimum atomic E-state index is -3.79. The SMILES string of the molecule is C#CCNS(=O)(=O)c1cccc(C(=O)N(C)Cc2cccc(C(N)=O)c2)c1. The van der Waals surface area contributed by atoms with Crippen LogP contribution in [0.15, 0.2) is 53.4 Å². The standard InChI is InChI=1S/C19H19N3O4S/c1-3-10-21-27(25,26)17-9-5-8-16(12-17)19(24)22(2)13-14-6-4-7-15(11-14)18(20)23/h1,4-9,11-12,21H,10,13H2,2H3,(H2,20,23). The highest BCUT2D eigenvalue weighted by Gasteiger charge is 2.18. The summed E-state index contributed by atoms with van der Waals surface area (Å²) < 4.78 is 26.5. The Kier molecular flexibility index (Phi) is 6.34. The Morgan fingerprint density at radius 1 is 1.15 bits per heavy atom. The molecule has 0 bridgehead atoms. The lowest BCUT2D eigenvalue weighted by Crippen LogP contribution is -2.27. The largest absolute Gasteiger partial charge is 0.366 e. The van der Waals surface area contributed by atoms with Gasteiger partial charge in [0.2, 0.25) is 15.9 Å². The zero-order chi connectivity index (χ0) is 20.0. The van der Waals surface area contributed by atoms with Crippen LogP contribution in [0.1, 0.15) is 26.3 Å². The van der Waals surface area contributed by atoms with E-state index in [4.69, 9.17) is 12.2 Å². The van der Waals surface area contributed by atoms with Crippen molar-refractivity contribution >= 4 is 21.8 Å². The van der Waals surface area contributed by atoms with E-state index in [0.29, 0.717) is 5.56 Å². The molecule has 0 radical (unpaired) electrons. The normalized spacial score (nSPS) is 10.8. The van der Waals surface area contributed by atoms with Gasteiger partial charge in [-0.05, 0) is 35.9 Å². The predicted octanol–water partition coefficient (Wildman–Crippen LogP) is 0.969. The van der Waals surface area contributed by atoms with Crippen molar-refractivity contribution in [2.75, 3.05) is 13.6 Å². The highest BCUT2D eigenvalue weighted by molar-refractivity contribution is 7.89. The third-order valence-corrected chi connectivity index (χ3v) is 5.13. The van der Waals surface area contributed by atoms with Gasteiger partial charge in [-0.3, -0.25) is 9.59 Å². The number of carbonyl (C=O) groups is 2. The number of hydrogen-bond donors (Lipinski definition) is 2. The summed E-state index contributed by atoms with van der Waals surface area (Å²) in [5.74, 6) is 1.27. The molecule has 3 N–H and O–H groups in total. The molecule has 0 aromatic heterocycles. The third kappa shape index (κ3) is 5.17. The summed E-state index contributed by atoms with van der Waals surface area (Å²) in [5, 5.41) is 0. The first-order valence-corrected chi connectivity index (χ1v) is 9.40. The molecule has 2 amide bonds. The highest BCUT2D eigenvalue weighted by atomic mass is 32.2. The van der Waals surface area contributed by atoms with E-state index in [-0.39, 0.29) is 29.5 Å². The minimum Gasteiger partial charge on any atom is -0.366 e. The number of carbonyl (C=O) groups excluding carboxylic acids is 2. The van der Waals surface area contributed by atoms with Crippen LogP contribution in [0.5, 0.6) is 0 Å². The molecule has 2 rings (SSSR count). The summed E-state index contributed by atoms with van der Waals surface area (Å²) >= 11 is 0. The lowest BCUT2D eigenvalue weighted by atomic mass is 10.1. The highest BCUT2D eigenvalue weighted by Crippen LogP contribution is 2.15. The fourth-order valence-electron chi connectivity index (χ4n) is 2.41. The monoisotopic (exact) mass is 385 g/mol. The van der Waals surface area contributed by atoms with E-state index < -0.39 is 15.9 Å². The number of nitrogens with zero attached hydrogens (tertiary/aromatic N) is 1. The molecule has 0 unspecified atom stereocenters.